The molecule has 2 aliphatic rings. The standard InChI is InChI=1S/C15H23NO4/c1-10-5-6-13-12(10)7-15(13,9-16(18)19)8-14(3,4)20-11(2)17/h5-6,10,12-13H,7-9H2,1-4H3/t10?,12-,13+,15-/m0/s1. The molecule has 5 nitrogen and oxygen atoms in total. The summed E-state index contributed by atoms with van der Waals surface area (Å²) in [6.45, 7) is 7.17. The van der Waals surface area contributed by atoms with E-state index < -0.39 is 5.60 Å². The molecule has 0 aromatic heterocycles. The molecule has 0 radical (unpaired) electrons. The third kappa shape index (κ3) is 2.72. The van der Waals surface area contributed by atoms with Gasteiger partial charge < -0.3 is 4.74 Å². The fourth-order valence-electron chi connectivity index (χ4n) is 4.27. The first-order chi connectivity index (χ1) is 9.15. The van der Waals surface area contributed by atoms with Crippen molar-refractivity contribution in [3.63, 3.8) is 0 Å². The summed E-state index contributed by atoms with van der Waals surface area (Å²) in [5.74, 6) is 0.926. The predicted molar refractivity (Wildman–Crippen MR) is 74.7 cm³/mol. The molecule has 1 unspecified atom stereocenters. The lowest BCUT2D eigenvalue weighted by Gasteiger charge is -2.53. The van der Waals surface area contributed by atoms with Crippen LogP contribution < -0.4 is 0 Å². The lowest BCUT2D eigenvalue weighted by atomic mass is 9.50. The molecule has 0 bridgehead atoms. The third-order valence-corrected chi connectivity index (χ3v) is 4.75. The quantitative estimate of drug-likeness (QED) is 0.336. The minimum absolute atomic E-state index is 0.0457. The maximum absolute atomic E-state index is 11.2. The Balaban J connectivity index is 2.16. The van der Waals surface area contributed by atoms with Crippen molar-refractivity contribution in [3.05, 3.63) is 22.3 Å². The van der Waals surface area contributed by atoms with Crippen LogP contribution >= 0.6 is 0 Å². The first kappa shape index (κ1) is 15.0. The number of allylic oxidation sites excluding steroid dienone is 2. The van der Waals surface area contributed by atoms with Gasteiger partial charge in [-0.3, -0.25) is 14.9 Å². The molecule has 0 amide bonds. The van der Waals surface area contributed by atoms with Crippen LogP contribution in [-0.4, -0.2) is 23.0 Å². The van der Waals surface area contributed by atoms with E-state index in [4.69, 9.17) is 4.74 Å². The van der Waals surface area contributed by atoms with Gasteiger partial charge in [-0.05, 0) is 44.4 Å². The summed E-state index contributed by atoms with van der Waals surface area (Å²) >= 11 is 0. The predicted octanol–water partition coefficient (Wildman–Crippen LogP) is 2.82. The normalized spacial score (nSPS) is 35.3. The maximum atomic E-state index is 11.2. The SMILES string of the molecule is CC(=O)OC(C)(C)C[C@]1(C[N+](=O)[O-])C[C@H]2C(C)C=C[C@H]21. The lowest BCUT2D eigenvalue weighted by Crippen LogP contribution is -2.54. The molecule has 0 N–H and O–H groups in total. The van der Waals surface area contributed by atoms with Crippen LogP contribution in [0.5, 0.6) is 0 Å². The van der Waals surface area contributed by atoms with Crippen molar-refractivity contribution in [1.82, 2.24) is 0 Å². The Morgan fingerprint density at radius 2 is 2.15 bits per heavy atom. The zero-order chi connectivity index (χ0) is 15.1. The van der Waals surface area contributed by atoms with Crippen molar-refractivity contribution in [2.75, 3.05) is 6.54 Å². The van der Waals surface area contributed by atoms with Crippen LogP contribution in [0.3, 0.4) is 0 Å². The maximum Gasteiger partial charge on any atom is 0.303 e. The fourth-order valence-corrected chi connectivity index (χ4v) is 4.27. The highest BCUT2D eigenvalue weighted by molar-refractivity contribution is 5.66. The molecule has 0 aromatic carbocycles. The lowest BCUT2D eigenvalue weighted by molar-refractivity contribution is -0.508. The van der Waals surface area contributed by atoms with E-state index in [0.29, 0.717) is 18.3 Å². The molecule has 0 aliphatic heterocycles. The number of nitrogens with zero attached hydrogens (tertiary/aromatic N) is 1. The monoisotopic (exact) mass is 281 g/mol. The topological polar surface area (TPSA) is 69.4 Å². The highest BCUT2D eigenvalue weighted by Crippen LogP contribution is 2.61. The Labute approximate surface area is 119 Å². The first-order valence-corrected chi connectivity index (χ1v) is 7.15. The minimum atomic E-state index is -0.660. The van der Waals surface area contributed by atoms with Gasteiger partial charge in [0, 0.05) is 17.3 Å². The molecule has 0 saturated heterocycles. The van der Waals surface area contributed by atoms with E-state index >= 15 is 0 Å². The summed E-state index contributed by atoms with van der Waals surface area (Å²) in [7, 11) is 0. The summed E-state index contributed by atoms with van der Waals surface area (Å²) in [4.78, 5) is 22.0. The van der Waals surface area contributed by atoms with Crippen molar-refractivity contribution >= 4 is 5.97 Å². The Morgan fingerprint density at radius 1 is 1.50 bits per heavy atom. The minimum Gasteiger partial charge on any atom is -0.460 e. The number of carbonyl (C=O) groups is 1. The largest absolute Gasteiger partial charge is 0.460 e. The second kappa shape index (κ2) is 4.86. The van der Waals surface area contributed by atoms with E-state index in [1.807, 2.05) is 13.8 Å². The molecular weight excluding hydrogens is 258 g/mol. The Hall–Kier alpha value is -1.39. The van der Waals surface area contributed by atoms with Crippen molar-refractivity contribution in [1.29, 1.82) is 0 Å². The van der Waals surface area contributed by atoms with Crippen LogP contribution in [0, 0.1) is 33.3 Å². The second-order valence-electron chi connectivity index (χ2n) is 7.02. The van der Waals surface area contributed by atoms with Crippen LogP contribution in [0.2, 0.25) is 0 Å². The number of ether oxygens (including phenoxy) is 1. The Bertz CT molecular complexity index is 457. The summed E-state index contributed by atoms with van der Waals surface area (Å²) < 4.78 is 5.34. The molecule has 2 rings (SSSR count). The van der Waals surface area contributed by atoms with E-state index in [1.54, 1.807) is 0 Å². The number of esters is 1. The van der Waals surface area contributed by atoms with Crippen molar-refractivity contribution in [2.45, 2.75) is 46.1 Å². The molecular formula is C15H23NO4. The third-order valence-electron chi connectivity index (χ3n) is 4.75. The van der Waals surface area contributed by atoms with Crippen LogP contribution in [0.1, 0.15) is 40.5 Å². The number of fused-ring (bicyclic) bond motifs is 1. The van der Waals surface area contributed by atoms with Gasteiger partial charge in [0.2, 0.25) is 6.54 Å². The van der Waals surface area contributed by atoms with Gasteiger partial charge in [-0.25, -0.2) is 0 Å². The fraction of sp³-hybridized carbons (Fsp3) is 0.800. The van der Waals surface area contributed by atoms with Gasteiger partial charge in [0.25, 0.3) is 0 Å². The number of rotatable bonds is 5. The zero-order valence-corrected chi connectivity index (χ0v) is 12.6. The van der Waals surface area contributed by atoms with Crippen LogP contribution in [0.4, 0.5) is 0 Å². The number of hydrogen-bond donors (Lipinski definition) is 0. The van der Waals surface area contributed by atoms with Crippen LogP contribution in [0.15, 0.2) is 12.2 Å². The van der Waals surface area contributed by atoms with Gasteiger partial charge in [-0.2, -0.15) is 0 Å². The van der Waals surface area contributed by atoms with Crippen molar-refractivity contribution in [2.24, 2.45) is 23.2 Å². The summed E-state index contributed by atoms with van der Waals surface area (Å²) in [5.41, 5.74) is -1.03. The van der Waals surface area contributed by atoms with Crippen molar-refractivity contribution < 1.29 is 14.5 Å². The summed E-state index contributed by atoms with van der Waals surface area (Å²) in [5, 5.41) is 11.1. The zero-order valence-electron chi connectivity index (χ0n) is 12.6. The van der Waals surface area contributed by atoms with Gasteiger partial charge in [-0.1, -0.05) is 19.1 Å². The van der Waals surface area contributed by atoms with Gasteiger partial charge in [-0.15, -0.1) is 0 Å². The van der Waals surface area contributed by atoms with E-state index in [-0.39, 0.29) is 28.8 Å². The van der Waals surface area contributed by atoms with Gasteiger partial charge >= 0.3 is 5.97 Å². The highest BCUT2D eigenvalue weighted by atomic mass is 16.6. The molecule has 4 atom stereocenters. The second-order valence-corrected chi connectivity index (χ2v) is 7.02. The highest BCUT2D eigenvalue weighted by Gasteiger charge is 2.60. The molecule has 0 spiro atoms. The van der Waals surface area contributed by atoms with Crippen LogP contribution in [-0.2, 0) is 9.53 Å². The molecule has 112 valence electrons. The first-order valence-electron chi connectivity index (χ1n) is 7.15. The molecule has 0 heterocycles. The van der Waals surface area contributed by atoms with Crippen LogP contribution in [0.25, 0.3) is 0 Å². The van der Waals surface area contributed by atoms with Crippen molar-refractivity contribution in [3.8, 4) is 0 Å². The number of hydrogen-bond acceptors (Lipinski definition) is 4. The molecule has 1 saturated carbocycles. The van der Waals surface area contributed by atoms with Gasteiger partial charge in [0.1, 0.15) is 5.60 Å². The van der Waals surface area contributed by atoms with Gasteiger partial charge in [0.15, 0.2) is 0 Å². The molecule has 5 heteroatoms. The Morgan fingerprint density at radius 3 is 2.65 bits per heavy atom. The molecule has 2 aliphatic carbocycles. The summed E-state index contributed by atoms with van der Waals surface area (Å²) in [6.07, 6.45) is 5.68. The molecule has 0 aromatic rings. The van der Waals surface area contributed by atoms with Gasteiger partial charge in [0.05, 0.1) is 0 Å². The van der Waals surface area contributed by atoms with E-state index in [0.717, 1.165) is 6.42 Å². The van der Waals surface area contributed by atoms with E-state index in [9.17, 15) is 14.9 Å². The smallest absolute Gasteiger partial charge is 0.303 e. The molecule has 1 fully saturated rings. The Kier molecular flexibility index (Phi) is 3.65. The molecule has 20 heavy (non-hydrogen) atoms. The van der Waals surface area contributed by atoms with E-state index in [1.165, 1.54) is 6.92 Å². The average molecular weight is 281 g/mol. The average Bonchev–Trinajstić information content (AvgIpc) is 2.51. The number of nitro groups is 1. The number of carbonyl (C=O) groups excluding carboxylic acids is 1. The summed E-state index contributed by atoms with van der Waals surface area (Å²) in [6, 6.07) is 0. The van der Waals surface area contributed by atoms with E-state index in [2.05, 4.69) is 19.1 Å².